The first kappa shape index (κ1) is 8.59. The fourth-order valence-corrected chi connectivity index (χ4v) is 1.70. The van der Waals surface area contributed by atoms with Crippen LogP contribution in [0.4, 0.5) is 5.82 Å². The zero-order valence-electron chi connectivity index (χ0n) is 8.35. The molecule has 2 aromatic rings. The summed E-state index contributed by atoms with van der Waals surface area (Å²) in [6.45, 7) is 0. The number of hydrogen-bond donors (Lipinski definition) is 1. The van der Waals surface area contributed by atoms with Gasteiger partial charge in [-0.1, -0.05) is 0 Å². The number of nitrogens with zero attached hydrogens (tertiary/aromatic N) is 3. The molecule has 0 unspecified atom stereocenters. The Bertz CT molecular complexity index is 479. The number of hydrogen-bond acceptors (Lipinski definition) is 4. The molecule has 1 N–H and O–H groups in total. The maximum Gasteiger partial charge on any atom is 0.180 e. The fourth-order valence-electron chi connectivity index (χ4n) is 1.70. The van der Waals surface area contributed by atoms with Gasteiger partial charge in [-0.15, -0.1) is 0 Å². The largest absolute Gasteiger partial charge is 0.367 e. The number of rotatable bonds is 2. The molecule has 0 bridgehead atoms. The molecule has 0 atom stereocenters. The third kappa shape index (κ3) is 1.63. The summed E-state index contributed by atoms with van der Waals surface area (Å²) in [5, 5.41) is 3.39. The van der Waals surface area contributed by atoms with Crippen molar-refractivity contribution in [2.75, 3.05) is 5.32 Å². The van der Waals surface area contributed by atoms with E-state index in [1.165, 1.54) is 19.3 Å². The van der Waals surface area contributed by atoms with Gasteiger partial charge in [-0.05, 0) is 31.4 Å². The van der Waals surface area contributed by atoms with E-state index >= 15 is 0 Å². The van der Waals surface area contributed by atoms with Crippen LogP contribution in [-0.2, 0) is 0 Å². The third-order valence-electron chi connectivity index (χ3n) is 2.79. The molecule has 1 saturated carbocycles. The highest BCUT2D eigenvalue weighted by Gasteiger charge is 2.17. The second-order valence-corrected chi connectivity index (χ2v) is 3.87. The van der Waals surface area contributed by atoms with Crippen LogP contribution < -0.4 is 5.32 Å². The number of anilines is 1. The van der Waals surface area contributed by atoms with E-state index in [4.69, 9.17) is 0 Å². The van der Waals surface area contributed by atoms with Crippen molar-refractivity contribution in [3.63, 3.8) is 0 Å². The minimum Gasteiger partial charge on any atom is -0.367 e. The number of aromatic nitrogens is 3. The van der Waals surface area contributed by atoms with Gasteiger partial charge in [0.2, 0.25) is 0 Å². The van der Waals surface area contributed by atoms with Crippen molar-refractivity contribution in [1.82, 2.24) is 15.0 Å². The van der Waals surface area contributed by atoms with Crippen LogP contribution in [0.15, 0.2) is 24.5 Å². The van der Waals surface area contributed by atoms with Crippen LogP contribution >= 0.6 is 0 Å². The molecule has 4 heteroatoms. The summed E-state index contributed by atoms with van der Waals surface area (Å²) in [6, 6.07) is 4.53. The molecular weight excluding hydrogens is 188 g/mol. The van der Waals surface area contributed by atoms with Gasteiger partial charge < -0.3 is 5.32 Å². The topological polar surface area (TPSA) is 50.7 Å². The average Bonchev–Trinajstić information content (AvgIpc) is 2.23. The highest BCUT2D eigenvalue weighted by Crippen LogP contribution is 2.22. The standard InChI is InChI=1S/C11H12N4/c1-2-8(3-1)14-10-5-4-9-11(15-10)13-7-6-12-9/h4-8H,1-3H2,(H,13,14,15). The van der Waals surface area contributed by atoms with Crippen LogP contribution in [0, 0.1) is 0 Å². The molecule has 1 fully saturated rings. The van der Waals surface area contributed by atoms with E-state index < -0.39 is 0 Å². The maximum atomic E-state index is 4.41. The monoisotopic (exact) mass is 200 g/mol. The van der Waals surface area contributed by atoms with E-state index in [1.807, 2.05) is 12.1 Å². The summed E-state index contributed by atoms with van der Waals surface area (Å²) in [7, 11) is 0. The first-order valence-electron chi connectivity index (χ1n) is 5.26. The van der Waals surface area contributed by atoms with Crippen molar-refractivity contribution in [3.8, 4) is 0 Å². The summed E-state index contributed by atoms with van der Waals surface area (Å²) in [4.78, 5) is 12.8. The van der Waals surface area contributed by atoms with Crippen molar-refractivity contribution < 1.29 is 0 Å². The molecule has 0 aliphatic heterocycles. The lowest BCUT2D eigenvalue weighted by atomic mass is 9.93. The molecular formula is C11H12N4. The minimum atomic E-state index is 0.603. The lowest BCUT2D eigenvalue weighted by molar-refractivity contribution is 0.444. The van der Waals surface area contributed by atoms with Crippen molar-refractivity contribution >= 4 is 17.0 Å². The van der Waals surface area contributed by atoms with Crippen molar-refractivity contribution in [3.05, 3.63) is 24.5 Å². The second-order valence-electron chi connectivity index (χ2n) is 3.87. The summed E-state index contributed by atoms with van der Waals surface area (Å²) in [5.41, 5.74) is 1.55. The van der Waals surface area contributed by atoms with Crippen molar-refractivity contribution in [2.24, 2.45) is 0 Å². The van der Waals surface area contributed by atoms with Gasteiger partial charge in [0, 0.05) is 18.4 Å². The molecule has 0 radical (unpaired) electrons. The molecule has 76 valence electrons. The first-order chi connectivity index (χ1) is 7.42. The smallest absolute Gasteiger partial charge is 0.180 e. The number of fused-ring (bicyclic) bond motifs is 1. The van der Waals surface area contributed by atoms with Gasteiger partial charge in [0.05, 0.1) is 0 Å². The normalized spacial score (nSPS) is 16.3. The molecule has 15 heavy (non-hydrogen) atoms. The van der Waals surface area contributed by atoms with Crippen LogP contribution in [0.1, 0.15) is 19.3 Å². The van der Waals surface area contributed by atoms with Crippen molar-refractivity contribution in [2.45, 2.75) is 25.3 Å². The number of nitrogens with one attached hydrogen (secondary N) is 1. The van der Waals surface area contributed by atoms with Gasteiger partial charge in [0.25, 0.3) is 0 Å². The van der Waals surface area contributed by atoms with Crippen molar-refractivity contribution in [1.29, 1.82) is 0 Å². The molecule has 2 aromatic heterocycles. The molecule has 1 aliphatic rings. The molecule has 4 nitrogen and oxygen atoms in total. The van der Waals surface area contributed by atoms with Gasteiger partial charge in [0.1, 0.15) is 11.3 Å². The van der Waals surface area contributed by atoms with Gasteiger partial charge in [-0.25, -0.2) is 9.97 Å². The molecule has 1 aliphatic carbocycles. The van der Waals surface area contributed by atoms with Crippen LogP contribution in [0.2, 0.25) is 0 Å². The van der Waals surface area contributed by atoms with Gasteiger partial charge in [0.15, 0.2) is 5.65 Å². The molecule has 0 saturated heterocycles. The Kier molecular flexibility index (Phi) is 1.98. The third-order valence-corrected chi connectivity index (χ3v) is 2.79. The Labute approximate surface area is 87.8 Å². The second kappa shape index (κ2) is 3.46. The molecule has 2 heterocycles. The summed E-state index contributed by atoms with van der Waals surface area (Å²) < 4.78 is 0. The zero-order chi connectivity index (χ0) is 10.1. The lowest BCUT2D eigenvalue weighted by Gasteiger charge is -2.26. The quantitative estimate of drug-likeness (QED) is 0.805. The Hall–Kier alpha value is -1.71. The van der Waals surface area contributed by atoms with Gasteiger partial charge in [-0.3, -0.25) is 4.98 Å². The minimum absolute atomic E-state index is 0.603. The van der Waals surface area contributed by atoms with Crippen LogP contribution in [0.25, 0.3) is 11.2 Å². The Morgan fingerprint density at radius 2 is 2.00 bits per heavy atom. The average molecular weight is 200 g/mol. The van der Waals surface area contributed by atoms with E-state index in [0.717, 1.165) is 11.3 Å². The lowest BCUT2D eigenvalue weighted by Crippen LogP contribution is -2.27. The molecule has 3 rings (SSSR count). The van der Waals surface area contributed by atoms with E-state index in [-0.39, 0.29) is 0 Å². The number of pyridine rings is 1. The highest BCUT2D eigenvalue weighted by molar-refractivity contribution is 5.71. The van der Waals surface area contributed by atoms with Crippen LogP contribution in [-0.4, -0.2) is 21.0 Å². The molecule has 0 aromatic carbocycles. The highest BCUT2D eigenvalue weighted by atomic mass is 15.0. The Morgan fingerprint density at radius 3 is 2.80 bits per heavy atom. The predicted molar refractivity (Wildman–Crippen MR) is 58.6 cm³/mol. The maximum absolute atomic E-state index is 4.41. The molecule has 0 amide bonds. The van der Waals surface area contributed by atoms with Gasteiger partial charge >= 0.3 is 0 Å². The predicted octanol–water partition coefficient (Wildman–Crippen LogP) is 1.99. The SMILES string of the molecule is c1cnc2nc(NC3CCC3)ccc2n1. The Morgan fingerprint density at radius 1 is 1.13 bits per heavy atom. The zero-order valence-corrected chi connectivity index (χ0v) is 8.35. The van der Waals surface area contributed by atoms with E-state index in [0.29, 0.717) is 11.7 Å². The van der Waals surface area contributed by atoms with Crippen LogP contribution in [0.5, 0.6) is 0 Å². The first-order valence-corrected chi connectivity index (χ1v) is 5.26. The Balaban J connectivity index is 1.91. The molecule has 0 spiro atoms. The summed E-state index contributed by atoms with van der Waals surface area (Å²) in [6.07, 6.45) is 7.18. The van der Waals surface area contributed by atoms with E-state index in [9.17, 15) is 0 Å². The summed E-state index contributed by atoms with van der Waals surface area (Å²) >= 11 is 0. The van der Waals surface area contributed by atoms with E-state index in [2.05, 4.69) is 20.3 Å². The van der Waals surface area contributed by atoms with E-state index in [1.54, 1.807) is 12.4 Å². The summed E-state index contributed by atoms with van der Waals surface area (Å²) in [5.74, 6) is 0.910. The fraction of sp³-hybridized carbons (Fsp3) is 0.364. The van der Waals surface area contributed by atoms with Crippen LogP contribution in [0.3, 0.4) is 0 Å². The van der Waals surface area contributed by atoms with Gasteiger partial charge in [-0.2, -0.15) is 0 Å².